The number of nitrogens with zero attached hydrogens (tertiary/aromatic N) is 2. The maximum absolute atomic E-state index is 12.9. The molecule has 4 amide bonds. The zero-order valence-corrected chi connectivity index (χ0v) is 19.5. The summed E-state index contributed by atoms with van der Waals surface area (Å²) in [5.74, 6) is 0.670. The van der Waals surface area contributed by atoms with E-state index in [4.69, 9.17) is 4.74 Å². The van der Waals surface area contributed by atoms with Crippen molar-refractivity contribution in [2.75, 3.05) is 57.0 Å². The Kier molecular flexibility index (Phi) is 9.18. The van der Waals surface area contributed by atoms with Crippen molar-refractivity contribution in [1.82, 2.24) is 15.1 Å². The van der Waals surface area contributed by atoms with Crippen LogP contribution in [0.1, 0.15) is 18.4 Å². The number of alkyl halides is 3. The highest BCUT2D eigenvalue weighted by Crippen LogP contribution is 2.29. The minimum Gasteiger partial charge on any atom is -0.497 e. The Hall–Kier alpha value is -3.47. The molecule has 190 valence electrons. The first-order chi connectivity index (χ1) is 16.7. The highest BCUT2D eigenvalue weighted by atomic mass is 19.4. The van der Waals surface area contributed by atoms with Crippen LogP contribution in [0.3, 0.4) is 0 Å². The Morgan fingerprint density at radius 2 is 1.54 bits per heavy atom. The zero-order valence-electron chi connectivity index (χ0n) is 19.5. The third kappa shape index (κ3) is 8.36. The molecule has 3 N–H and O–H groups in total. The van der Waals surface area contributed by atoms with E-state index < -0.39 is 23.8 Å². The van der Waals surface area contributed by atoms with E-state index in [0.717, 1.165) is 38.1 Å². The number of benzene rings is 2. The van der Waals surface area contributed by atoms with Crippen LogP contribution in [0.5, 0.6) is 5.75 Å². The number of ether oxygens (including phenoxy) is 1. The number of hydrogen-bond acceptors (Lipinski definition) is 4. The fourth-order valence-electron chi connectivity index (χ4n) is 3.68. The lowest BCUT2D eigenvalue weighted by molar-refractivity contribution is -0.137. The van der Waals surface area contributed by atoms with Gasteiger partial charge in [-0.3, -0.25) is 0 Å². The molecule has 1 aliphatic heterocycles. The molecule has 1 fully saturated rings. The fourth-order valence-corrected chi connectivity index (χ4v) is 3.68. The monoisotopic (exact) mass is 493 g/mol. The number of carbonyl (C=O) groups excluding carboxylic acids is 2. The van der Waals surface area contributed by atoms with Gasteiger partial charge in [0.2, 0.25) is 0 Å². The topological polar surface area (TPSA) is 85.9 Å². The van der Waals surface area contributed by atoms with Crippen LogP contribution in [0.25, 0.3) is 0 Å². The molecule has 0 saturated carbocycles. The summed E-state index contributed by atoms with van der Waals surface area (Å²) >= 11 is 0. The van der Waals surface area contributed by atoms with Crippen LogP contribution < -0.4 is 20.7 Å². The largest absolute Gasteiger partial charge is 0.497 e. The minimum absolute atomic E-state index is 0.197. The molecule has 3 rings (SSSR count). The van der Waals surface area contributed by atoms with Crippen LogP contribution in [0.2, 0.25) is 0 Å². The highest BCUT2D eigenvalue weighted by molar-refractivity contribution is 5.90. The molecule has 0 aliphatic carbocycles. The van der Waals surface area contributed by atoms with Gasteiger partial charge in [0.25, 0.3) is 0 Å². The number of nitrogens with one attached hydrogen (secondary N) is 3. The number of likely N-dealkylation sites (tertiary alicyclic amines) is 1. The number of rotatable bonds is 9. The summed E-state index contributed by atoms with van der Waals surface area (Å²) in [6.07, 6.45) is -2.21. The summed E-state index contributed by atoms with van der Waals surface area (Å²) < 4.78 is 43.5. The molecule has 0 unspecified atom stereocenters. The zero-order chi connectivity index (χ0) is 25.3. The second-order valence-corrected chi connectivity index (χ2v) is 8.15. The predicted octanol–water partition coefficient (Wildman–Crippen LogP) is 4.47. The lowest BCUT2D eigenvalue weighted by atomic mass is 10.2. The van der Waals surface area contributed by atoms with Crippen LogP contribution in [0.4, 0.5) is 34.1 Å². The average Bonchev–Trinajstić information content (AvgIpc) is 3.35. The first-order valence-electron chi connectivity index (χ1n) is 11.4. The van der Waals surface area contributed by atoms with Crippen molar-refractivity contribution in [2.24, 2.45) is 0 Å². The number of halogens is 3. The standard InChI is InChI=1S/C24H30F3N5O3/c1-35-21-10-8-19(9-11-21)29-22(33)28-12-15-32(17-16-31-13-2-3-14-31)23(34)30-20-6-4-18(5-7-20)24(25,26)27/h4-11H,2-3,12-17H2,1H3,(H,30,34)(H2,28,29,33). The van der Waals surface area contributed by atoms with E-state index in [-0.39, 0.29) is 18.8 Å². The van der Waals surface area contributed by atoms with Gasteiger partial charge in [-0.15, -0.1) is 0 Å². The first kappa shape index (κ1) is 26.1. The van der Waals surface area contributed by atoms with E-state index in [9.17, 15) is 22.8 Å². The third-order valence-corrected chi connectivity index (χ3v) is 5.65. The van der Waals surface area contributed by atoms with E-state index in [1.807, 2.05) is 0 Å². The smallest absolute Gasteiger partial charge is 0.416 e. The van der Waals surface area contributed by atoms with Gasteiger partial charge in [-0.05, 0) is 74.5 Å². The molecule has 0 atom stereocenters. The molecule has 8 nitrogen and oxygen atoms in total. The molecule has 1 aliphatic rings. The predicted molar refractivity (Wildman–Crippen MR) is 128 cm³/mol. The van der Waals surface area contributed by atoms with Crippen molar-refractivity contribution in [3.63, 3.8) is 0 Å². The normalized spacial score (nSPS) is 13.8. The molecule has 2 aromatic carbocycles. The highest BCUT2D eigenvalue weighted by Gasteiger charge is 2.30. The van der Waals surface area contributed by atoms with Gasteiger partial charge in [-0.25, -0.2) is 9.59 Å². The van der Waals surface area contributed by atoms with Crippen molar-refractivity contribution < 1.29 is 27.5 Å². The van der Waals surface area contributed by atoms with Crippen LogP contribution in [-0.4, -0.2) is 68.2 Å². The summed E-state index contributed by atoms with van der Waals surface area (Å²) in [5.41, 5.74) is 0.0714. The molecule has 2 aromatic rings. The second-order valence-electron chi connectivity index (χ2n) is 8.15. The Labute approximate surface area is 202 Å². The maximum Gasteiger partial charge on any atom is 0.416 e. The lowest BCUT2D eigenvalue weighted by Crippen LogP contribution is -2.44. The van der Waals surface area contributed by atoms with Gasteiger partial charge in [0.05, 0.1) is 12.7 Å². The molecule has 1 saturated heterocycles. The number of carbonyl (C=O) groups is 2. The van der Waals surface area contributed by atoms with Crippen molar-refractivity contribution in [1.29, 1.82) is 0 Å². The number of methoxy groups -OCH3 is 1. The van der Waals surface area contributed by atoms with Gasteiger partial charge < -0.3 is 30.5 Å². The van der Waals surface area contributed by atoms with E-state index in [2.05, 4.69) is 20.9 Å². The van der Waals surface area contributed by atoms with E-state index in [0.29, 0.717) is 24.5 Å². The molecular formula is C24H30F3N5O3. The van der Waals surface area contributed by atoms with Crippen LogP contribution in [0.15, 0.2) is 48.5 Å². The van der Waals surface area contributed by atoms with Crippen molar-refractivity contribution in [3.05, 3.63) is 54.1 Å². The summed E-state index contributed by atoms with van der Waals surface area (Å²) in [4.78, 5) is 28.9. The molecule has 0 bridgehead atoms. The van der Waals surface area contributed by atoms with Crippen LogP contribution >= 0.6 is 0 Å². The maximum atomic E-state index is 12.9. The Bertz CT molecular complexity index is 962. The lowest BCUT2D eigenvalue weighted by Gasteiger charge is -2.26. The molecule has 0 spiro atoms. The number of hydrogen-bond donors (Lipinski definition) is 3. The van der Waals surface area contributed by atoms with Gasteiger partial charge in [0, 0.05) is 37.6 Å². The number of urea groups is 2. The second kappa shape index (κ2) is 12.3. The van der Waals surface area contributed by atoms with Gasteiger partial charge >= 0.3 is 18.2 Å². The van der Waals surface area contributed by atoms with Crippen molar-refractivity contribution >= 4 is 23.4 Å². The van der Waals surface area contributed by atoms with E-state index in [1.54, 1.807) is 36.3 Å². The Balaban J connectivity index is 1.53. The van der Waals surface area contributed by atoms with Gasteiger partial charge in [0.15, 0.2) is 0 Å². The molecular weight excluding hydrogens is 463 g/mol. The van der Waals surface area contributed by atoms with E-state index in [1.165, 1.54) is 12.1 Å². The van der Waals surface area contributed by atoms with Gasteiger partial charge in [0.1, 0.15) is 5.75 Å². The van der Waals surface area contributed by atoms with Gasteiger partial charge in [-0.1, -0.05) is 0 Å². The summed E-state index contributed by atoms with van der Waals surface area (Å²) in [6, 6.07) is 10.3. The summed E-state index contributed by atoms with van der Waals surface area (Å²) in [7, 11) is 1.55. The summed E-state index contributed by atoms with van der Waals surface area (Å²) in [6.45, 7) is 3.47. The molecule has 0 radical (unpaired) electrons. The SMILES string of the molecule is COc1ccc(NC(=O)NCCN(CCN2CCCC2)C(=O)Nc2ccc(C(F)(F)F)cc2)cc1. The molecule has 35 heavy (non-hydrogen) atoms. The fraction of sp³-hybridized carbons (Fsp3) is 0.417. The van der Waals surface area contributed by atoms with Crippen LogP contribution in [0, 0.1) is 0 Å². The molecule has 1 heterocycles. The molecule has 0 aromatic heterocycles. The Morgan fingerprint density at radius 1 is 0.943 bits per heavy atom. The van der Waals surface area contributed by atoms with Crippen molar-refractivity contribution in [2.45, 2.75) is 19.0 Å². The van der Waals surface area contributed by atoms with Crippen molar-refractivity contribution in [3.8, 4) is 5.75 Å². The number of amides is 4. The van der Waals surface area contributed by atoms with Crippen LogP contribution in [-0.2, 0) is 6.18 Å². The van der Waals surface area contributed by atoms with E-state index >= 15 is 0 Å². The number of anilines is 2. The Morgan fingerprint density at radius 3 is 2.14 bits per heavy atom. The first-order valence-corrected chi connectivity index (χ1v) is 11.4. The summed E-state index contributed by atoms with van der Waals surface area (Å²) in [5, 5.41) is 8.07. The third-order valence-electron chi connectivity index (χ3n) is 5.65. The van der Waals surface area contributed by atoms with Gasteiger partial charge in [-0.2, -0.15) is 13.2 Å². The minimum atomic E-state index is -4.44. The average molecular weight is 494 g/mol. The molecule has 11 heteroatoms. The quantitative estimate of drug-likeness (QED) is 0.481.